The van der Waals surface area contributed by atoms with E-state index in [1.165, 1.54) is 9.15 Å². The van der Waals surface area contributed by atoms with Gasteiger partial charge in [-0.2, -0.15) is 0 Å². The van der Waals surface area contributed by atoms with Gasteiger partial charge in [0.25, 0.3) is 10.0 Å². The standard InChI is InChI=1S/C18H16INO2S/c1-12-6-8-14(9-7-12)23(21,22)20-11-13-10-16(19)18(13)15-4-2-3-5-17(15)20/h2-9,13H,10-11H2,1H3. The van der Waals surface area contributed by atoms with Crippen molar-refractivity contribution in [1.29, 1.82) is 0 Å². The number of anilines is 1. The van der Waals surface area contributed by atoms with E-state index in [-0.39, 0.29) is 0 Å². The molecule has 0 fully saturated rings. The molecule has 2 aromatic carbocycles. The summed E-state index contributed by atoms with van der Waals surface area (Å²) in [5, 5.41) is 0. The zero-order valence-electron chi connectivity index (χ0n) is 12.7. The van der Waals surface area contributed by atoms with Crippen LogP contribution in [-0.4, -0.2) is 15.0 Å². The molecule has 1 heterocycles. The largest absolute Gasteiger partial charge is 0.265 e. The summed E-state index contributed by atoms with van der Waals surface area (Å²) in [5.41, 5.74) is 4.25. The summed E-state index contributed by atoms with van der Waals surface area (Å²) in [4.78, 5) is 0.361. The van der Waals surface area contributed by atoms with Gasteiger partial charge in [0.05, 0.1) is 10.6 Å². The highest BCUT2D eigenvalue weighted by molar-refractivity contribution is 14.1. The van der Waals surface area contributed by atoms with Crippen molar-refractivity contribution >= 4 is 43.9 Å². The number of hydrogen-bond donors (Lipinski definition) is 0. The van der Waals surface area contributed by atoms with Crippen molar-refractivity contribution in [2.75, 3.05) is 10.8 Å². The van der Waals surface area contributed by atoms with Gasteiger partial charge in [-0.1, -0.05) is 35.9 Å². The van der Waals surface area contributed by atoms with Gasteiger partial charge < -0.3 is 0 Å². The van der Waals surface area contributed by atoms with Crippen LogP contribution in [0, 0.1) is 12.8 Å². The molecule has 0 radical (unpaired) electrons. The summed E-state index contributed by atoms with van der Waals surface area (Å²) < 4.78 is 29.2. The van der Waals surface area contributed by atoms with Crippen LogP contribution in [0.25, 0.3) is 5.57 Å². The normalized spacial score (nSPS) is 19.9. The van der Waals surface area contributed by atoms with Crippen LogP contribution in [0.2, 0.25) is 0 Å². The number of halogens is 1. The molecule has 0 amide bonds. The number of benzene rings is 2. The average Bonchev–Trinajstić information content (AvgIpc) is 2.52. The van der Waals surface area contributed by atoms with E-state index >= 15 is 0 Å². The Morgan fingerprint density at radius 3 is 2.48 bits per heavy atom. The van der Waals surface area contributed by atoms with Crippen molar-refractivity contribution in [3.05, 3.63) is 63.2 Å². The van der Waals surface area contributed by atoms with E-state index < -0.39 is 10.0 Å². The summed E-state index contributed by atoms with van der Waals surface area (Å²) in [6, 6.07) is 14.9. The van der Waals surface area contributed by atoms with Gasteiger partial charge in [-0.05, 0) is 63.3 Å². The maximum Gasteiger partial charge on any atom is 0.264 e. The Kier molecular flexibility index (Phi) is 3.53. The minimum Gasteiger partial charge on any atom is -0.265 e. The number of sulfonamides is 1. The lowest BCUT2D eigenvalue weighted by Gasteiger charge is -2.42. The summed E-state index contributed by atoms with van der Waals surface area (Å²) in [5.74, 6) is 0.317. The maximum atomic E-state index is 13.1. The van der Waals surface area contributed by atoms with E-state index in [4.69, 9.17) is 0 Å². The third-order valence-electron chi connectivity index (χ3n) is 4.58. The fourth-order valence-corrected chi connectivity index (χ4v) is 6.11. The first-order valence-electron chi connectivity index (χ1n) is 7.56. The van der Waals surface area contributed by atoms with Crippen molar-refractivity contribution in [2.24, 2.45) is 5.92 Å². The zero-order valence-corrected chi connectivity index (χ0v) is 15.6. The van der Waals surface area contributed by atoms with Crippen molar-refractivity contribution < 1.29 is 8.42 Å². The van der Waals surface area contributed by atoms with Crippen molar-refractivity contribution in [2.45, 2.75) is 18.2 Å². The second-order valence-electron chi connectivity index (χ2n) is 6.09. The van der Waals surface area contributed by atoms with Crippen LogP contribution in [0.4, 0.5) is 5.69 Å². The fourth-order valence-electron chi connectivity index (χ4n) is 3.32. The lowest BCUT2D eigenvalue weighted by molar-refractivity contribution is 0.571. The molecule has 3 nitrogen and oxygen atoms in total. The van der Waals surface area contributed by atoms with Crippen molar-refractivity contribution in [3.63, 3.8) is 0 Å². The van der Waals surface area contributed by atoms with Gasteiger partial charge in [-0.15, -0.1) is 0 Å². The number of allylic oxidation sites excluding steroid dienone is 1. The predicted octanol–water partition coefficient (Wildman–Crippen LogP) is 4.37. The molecule has 118 valence electrons. The van der Waals surface area contributed by atoms with Gasteiger partial charge in [-0.25, -0.2) is 8.42 Å². The Hall–Kier alpha value is -1.34. The molecule has 0 saturated carbocycles. The summed E-state index contributed by atoms with van der Waals surface area (Å²) in [6.45, 7) is 2.50. The Labute approximate surface area is 150 Å². The molecule has 0 aromatic heterocycles. The zero-order chi connectivity index (χ0) is 16.2. The van der Waals surface area contributed by atoms with Gasteiger partial charge >= 0.3 is 0 Å². The van der Waals surface area contributed by atoms with Crippen LogP contribution >= 0.6 is 22.6 Å². The Morgan fingerprint density at radius 2 is 1.78 bits per heavy atom. The molecule has 2 aromatic rings. The third kappa shape index (κ3) is 2.32. The first-order chi connectivity index (χ1) is 11.0. The molecule has 5 heteroatoms. The Morgan fingerprint density at radius 1 is 1.09 bits per heavy atom. The first kappa shape index (κ1) is 15.2. The summed E-state index contributed by atoms with van der Waals surface area (Å²) >= 11 is 2.38. The second kappa shape index (κ2) is 5.34. The predicted molar refractivity (Wildman–Crippen MR) is 101 cm³/mol. The van der Waals surface area contributed by atoms with Gasteiger partial charge in [-0.3, -0.25) is 4.31 Å². The minimum atomic E-state index is -3.52. The molecule has 0 spiro atoms. The molecule has 4 rings (SSSR count). The van der Waals surface area contributed by atoms with E-state index in [1.807, 2.05) is 43.3 Å². The highest BCUT2D eigenvalue weighted by Crippen LogP contribution is 2.52. The van der Waals surface area contributed by atoms with E-state index in [9.17, 15) is 8.42 Å². The van der Waals surface area contributed by atoms with Crippen LogP contribution < -0.4 is 4.31 Å². The maximum absolute atomic E-state index is 13.1. The van der Waals surface area contributed by atoms with E-state index in [1.54, 1.807) is 16.4 Å². The number of rotatable bonds is 2. The topological polar surface area (TPSA) is 37.4 Å². The smallest absolute Gasteiger partial charge is 0.264 e. The van der Waals surface area contributed by atoms with Gasteiger partial charge in [0, 0.05) is 18.0 Å². The highest BCUT2D eigenvalue weighted by Gasteiger charge is 2.41. The number of para-hydroxylation sites is 1. The van der Waals surface area contributed by atoms with E-state index in [0.717, 1.165) is 23.2 Å². The lowest BCUT2D eigenvalue weighted by atomic mass is 9.77. The quantitative estimate of drug-likeness (QED) is 0.655. The van der Waals surface area contributed by atoms with Crippen LogP contribution in [-0.2, 0) is 10.0 Å². The third-order valence-corrected chi connectivity index (χ3v) is 7.40. The molecule has 23 heavy (non-hydrogen) atoms. The molecule has 1 aliphatic carbocycles. The number of aryl methyl sites for hydroxylation is 1. The molecule has 1 atom stereocenters. The molecular weight excluding hydrogens is 421 g/mol. The molecule has 1 unspecified atom stereocenters. The second-order valence-corrected chi connectivity index (χ2v) is 9.25. The first-order valence-corrected chi connectivity index (χ1v) is 10.1. The highest BCUT2D eigenvalue weighted by atomic mass is 127. The molecule has 2 aliphatic rings. The van der Waals surface area contributed by atoms with Gasteiger partial charge in [0.2, 0.25) is 0 Å². The van der Waals surface area contributed by atoms with Crippen molar-refractivity contribution in [1.82, 2.24) is 0 Å². The van der Waals surface area contributed by atoms with Crippen molar-refractivity contribution in [3.8, 4) is 0 Å². The SMILES string of the molecule is Cc1ccc(S(=O)(=O)N2CC3CC(I)=C3c3ccccc32)cc1. The molecule has 0 saturated heterocycles. The van der Waals surface area contributed by atoms with Crippen LogP contribution in [0.3, 0.4) is 0 Å². The van der Waals surface area contributed by atoms with Crippen LogP contribution in [0.5, 0.6) is 0 Å². The monoisotopic (exact) mass is 437 g/mol. The average molecular weight is 437 g/mol. The minimum absolute atomic E-state index is 0.317. The van der Waals surface area contributed by atoms with E-state index in [2.05, 4.69) is 22.6 Å². The molecular formula is C18H16INO2S. The van der Waals surface area contributed by atoms with Gasteiger partial charge in [0.15, 0.2) is 0 Å². The lowest BCUT2D eigenvalue weighted by Crippen LogP contribution is -2.42. The van der Waals surface area contributed by atoms with Crippen LogP contribution in [0.15, 0.2) is 57.0 Å². The molecule has 0 N–H and O–H groups in total. The summed E-state index contributed by atoms with van der Waals surface area (Å²) in [7, 11) is -3.52. The molecule has 0 bridgehead atoms. The van der Waals surface area contributed by atoms with E-state index in [0.29, 0.717) is 17.4 Å². The number of fused-ring (bicyclic) bond motifs is 3. The fraction of sp³-hybridized carbons (Fsp3) is 0.222. The van der Waals surface area contributed by atoms with Crippen LogP contribution in [0.1, 0.15) is 17.5 Å². The Bertz CT molecular complexity index is 916. The molecule has 1 aliphatic heterocycles. The number of hydrogen-bond acceptors (Lipinski definition) is 2. The summed E-state index contributed by atoms with van der Waals surface area (Å²) in [6.07, 6.45) is 0.976. The Balaban J connectivity index is 1.85. The van der Waals surface area contributed by atoms with Gasteiger partial charge in [0.1, 0.15) is 0 Å². The number of nitrogens with zero attached hydrogens (tertiary/aromatic N) is 1.